The third-order valence-corrected chi connectivity index (χ3v) is 8.08. The molecule has 0 spiro atoms. The van der Waals surface area contributed by atoms with Gasteiger partial charge < -0.3 is 19.5 Å². The Bertz CT molecular complexity index is 1690. The molecule has 1 saturated carbocycles. The van der Waals surface area contributed by atoms with E-state index in [9.17, 15) is 27.9 Å². The van der Waals surface area contributed by atoms with E-state index in [0.717, 1.165) is 17.7 Å². The lowest BCUT2D eigenvalue weighted by Crippen LogP contribution is -2.35. The number of Topliss-reactive ketones (excluding diaryl/α,β-unsaturated/α-hetero) is 1. The number of benzene rings is 2. The molecule has 43 heavy (non-hydrogen) atoms. The van der Waals surface area contributed by atoms with Crippen molar-refractivity contribution in [1.82, 2.24) is 14.6 Å². The number of methoxy groups -OCH3 is 2. The van der Waals surface area contributed by atoms with Gasteiger partial charge in [0, 0.05) is 37.8 Å². The van der Waals surface area contributed by atoms with Gasteiger partial charge in [0.05, 0.1) is 31.0 Å². The first kappa shape index (κ1) is 30.0. The van der Waals surface area contributed by atoms with Crippen molar-refractivity contribution in [2.24, 2.45) is 11.8 Å². The van der Waals surface area contributed by atoms with Gasteiger partial charge in [0.15, 0.2) is 28.9 Å². The fraction of sp³-hybridized carbons (Fsp3) is 0.355. The lowest BCUT2D eigenvalue weighted by molar-refractivity contribution is -0.140. The van der Waals surface area contributed by atoms with Gasteiger partial charge in [-0.15, -0.1) is 0 Å². The third-order valence-electron chi connectivity index (χ3n) is 8.08. The number of carboxylic acid groups (broad SMARTS) is 1. The molecule has 4 aromatic rings. The molecule has 2 aromatic carbocycles. The maximum absolute atomic E-state index is 14.2. The van der Waals surface area contributed by atoms with Crippen LogP contribution in [-0.2, 0) is 9.53 Å². The average molecular weight is 597 g/mol. The van der Waals surface area contributed by atoms with Crippen molar-refractivity contribution in [3.05, 3.63) is 71.2 Å². The van der Waals surface area contributed by atoms with Crippen LogP contribution < -0.4 is 9.64 Å². The molecule has 0 radical (unpaired) electrons. The van der Waals surface area contributed by atoms with Gasteiger partial charge in [-0.3, -0.25) is 9.59 Å². The second-order valence-electron chi connectivity index (χ2n) is 10.7. The minimum Gasteiger partial charge on any atom is -0.495 e. The van der Waals surface area contributed by atoms with E-state index in [-0.39, 0.29) is 46.8 Å². The molecule has 2 aromatic heterocycles. The maximum atomic E-state index is 14.2. The number of carboxylic acids is 1. The number of carbonyl (C=O) groups excluding carboxylic acids is 1. The molecule has 5 rings (SSSR count). The van der Waals surface area contributed by atoms with Gasteiger partial charge >= 0.3 is 5.97 Å². The van der Waals surface area contributed by atoms with Gasteiger partial charge in [-0.1, -0.05) is 12.1 Å². The first-order valence-corrected chi connectivity index (χ1v) is 13.7. The smallest absolute Gasteiger partial charge is 0.303 e. The highest BCUT2D eigenvalue weighted by Gasteiger charge is 2.36. The van der Waals surface area contributed by atoms with Crippen molar-refractivity contribution in [2.45, 2.75) is 38.7 Å². The lowest BCUT2D eigenvalue weighted by Gasteiger charge is -2.33. The van der Waals surface area contributed by atoms with Crippen LogP contribution in [0.1, 0.15) is 41.7 Å². The number of aryl methyl sites for hydroxylation is 1. The number of aromatic nitrogens is 3. The number of carbonyl (C=O) groups is 2. The molecule has 1 N–H and O–H groups in total. The van der Waals surface area contributed by atoms with Gasteiger partial charge in [0.25, 0.3) is 0 Å². The number of hydrogen-bond acceptors (Lipinski definition) is 7. The van der Waals surface area contributed by atoms with Crippen molar-refractivity contribution < 1.29 is 37.3 Å². The second kappa shape index (κ2) is 12.0. The molecule has 1 fully saturated rings. The standard InChI is InChI=1S/C31H31F3N4O5/c1-16-6-5-7-24(42-3)30(16)37(2)27-15-22(19-10-20(32)29(34)21(33)11-19)35-26-14-23(36-38(26)27)31(41)18-9-8-17(13-28(39)40)25(12-18)43-4/h5-7,10-11,14-15,17-18,25H,8-9,12-13H2,1-4H3,(H,39,40)/t17-,18?,25-/m0/s1. The highest BCUT2D eigenvalue weighted by atomic mass is 19.2. The highest BCUT2D eigenvalue weighted by Crippen LogP contribution is 2.38. The molecule has 1 aliphatic rings. The van der Waals surface area contributed by atoms with E-state index in [0.29, 0.717) is 36.5 Å². The summed E-state index contributed by atoms with van der Waals surface area (Å²) in [6.45, 7) is 1.89. The van der Waals surface area contributed by atoms with Crippen LogP contribution in [0.25, 0.3) is 16.9 Å². The monoisotopic (exact) mass is 596 g/mol. The zero-order valence-electron chi connectivity index (χ0n) is 24.1. The fourth-order valence-electron chi connectivity index (χ4n) is 5.90. The SMILES string of the molecule is COc1cccc(C)c1N(C)c1cc(-c2cc(F)c(F)c(F)c2)nc2cc(C(=O)C3CC[C@@H](CC(=O)O)[C@@H](OC)C3)nn12. The van der Waals surface area contributed by atoms with Crippen molar-refractivity contribution in [2.75, 3.05) is 26.2 Å². The summed E-state index contributed by atoms with van der Waals surface area (Å²) >= 11 is 0. The first-order valence-electron chi connectivity index (χ1n) is 13.7. The number of rotatable bonds is 9. The first-order chi connectivity index (χ1) is 20.5. The van der Waals surface area contributed by atoms with Crippen LogP contribution in [0.3, 0.4) is 0 Å². The average Bonchev–Trinajstić information content (AvgIpc) is 3.42. The van der Waals surface area contributed by atoms with Gasteiger partial charge in [-0.25, -0.2) is 18.2 Å². The Labute approximate surface area is 245 Å². The number of para-hydroxylation sites is 1. The van der Waals surface area contributed by atoms with E-state index in [1.807, 2.05) is 19.1 Å². The normalized spacial score (nSPS) is 18.5. The molecule has 0 amide bonds. The molecule has 226 valence electrons. The Morgan fingerprint density at radius 2 is 1.81 bits per heavy atom. The van der Waals surface area contributed by atoms with Gasteiger partial charge in [0.1, 0.15) is 17.3 Å². The predicted octanol–water partition coefficient (Wildman–Crippen LogP) is 5.99. The lowest BCUT2D eigenvalue weighted by atomic mass is 9.76. The molecule has 3 atom stereocenters. The maximum Gasteiger partial charge on any atom is 0.303 e. The second-order valence-corrected chi connectivity index (χ2v) is 10.7. The number of ketones is 1. The summed E-state index contributed by atoms with van der Waals surface area (Å²) in [6.07, 6.45) is 0.910. The largest absolute Gasteiger partial charge is 0.495 e. The quantitative estimate of drug-likeness (QED) is 0.186. The van der Waals surface area contributed by atoms with E-state index >= 15 is 0 Å². The Hall–Kier alpha value is -4.45. The Balaban J connectivity index is 1.61. The zero-order chi connectivity index (χ0) is 31.0. The van der Waals surface area contributed by atoms with E-state index < -0.39 is 29.3 Å². The van der Waals surface area contributed by atoms with Crippen LogP contribution in [0.5, 0.6) is 5.75 Å². The van der Waals surface area contributed by atoms with Crippen molar-refractivity contribution in [1.29, 1.82) is 0 Å². The summed E-state index contributed by atoms with van der Waals surface area (Å²) in [7, 11) is 4.80. The number of fused-ring (bicyclic) bond motifs is 1. The number of anilines is 2. The topological polar surface area (TPSA) is 106 Å². The minimum absolute atomic E-state index is 0.000866. The van der Waals surface area contributed by atoms with Crippen LogP contribution in [0.2, 0.25) is 0 Å². The summed E-state index contributed by atoms with van der Waals surface area (Å²) in [5, 5.41) is 13.9. The van der Waals surface area contributed by atoms with Crippen molar-refractivity contribution in [3.8, 4) is 17.0 Å². The van der Waals surface area contributed by atoms with Crippen molar-refractivity contribution >= 4 is 28.9 Å². The van der Waals surface area contributed by atoms with Crippen LogP contribution in [-0.4, -0.2) is 58.8 Å². The molecule has 2 heterocycles. The number of halogens is 3. The molecular formula is C31H31F3N4O5. The fourth-order valence-corrected chi connectivity index (χ4v) is 5.90. The predicted molar refractivity (Wildman–Crippen MR) is 152 cm³/mol. The van der Waals surface area contributed by atoms with E-state index in [1.165, 1.54) is 24.8 Å². The van der Waals surface area contributed by atoms with Gasteiger partial charge in [-0.2, -0.15) is 9.61 Å². The van der Waals surface area contributed by atoms with Crippen molar-refractivity contribution in [3.63, 3.8) is 0 Å². The van der Waals surface area contributed by atoms with Crippen LogP contribution in [0.4, 0.5) is 24.7 Å². The molecular weight excluding hydrogens is 565 g/mol. The molecule has 9 nitrogen and oxygen atoms in total. The zero-order valence-corrected chi connectivity index (χ0v) is 24.1. The molecule has 0 aliphatic heterocycles. The summed E-state index contributed by atoms with van der Waals surface area (Å²) in [5.74, 6) is -5.15. The third kappa shape index (κ3) is 5.79. The van der Waals surface area contributed by atoms with E-state index in [1.54, 1.807) is 24.1 Å². The summed E-state index contributed by atoms with van der Waals surface area (Å²) in [6, 6.07) is 10.3. The summed E-state index contributed by atoms with van der Waals surface area (Å²) < 4.78 is 54.8. The van der Waals surface area contributed by atoms with Crippen LogP contribution in [0.15, 0.2) is 42.5 Å². The molecule has 0 bridgehead atoms. The number of aliphatic carboxylic acids is 1. The highest BCUT2D eigenvalue weighted by molar-refractivity contribution is 5.97. The number of ether oxygens (including phenoxy) is 2. The van der Waals surface area contributed by atoms with Crippen LogP contribution >= 0.6 is 0 Å². The Kier molecular flexibility index (Phi) is 8.41. The number of nitrogens with zero attached hydrogens (tertiary/aromatic N) is 4. The van der Waals surface area contributed by atoms with E-state index in [2.05, 4.69) is 10.1 Å². The molecule has 0 saturated heterocycles. The Morgan fingerprint density at radius 1 is 1.09 bits per heavy atom. The summed E-state index contributed by atoms with van der Waals surface area (Å²) in [5.41, 5.74) is 2.03. The molecule has 12 heteroatoms. The molecule has 1 aliphatic carbocycles. The number of hydrogen-bond donors (Lipinski definition) is 1. The summed E-state index contributed by atoms with van der Waals surface area (Å²) in [4.78, 5) is 31.3. The minimum atomic E-state index is -1.59. The van der Waals surface area contributed by atoms with Crippen LogP contribution in [0, 0.1) is 36.2 Å². The van der Waals surface area contributed by atoms with E-state index in [4.69, 9.17) is 9.47 Å². The molecule has 1 unspecified atom stereocenters. The van der Waals surface area contributed by atoms with Gasteiger partial charge in [0.2, 0.25) is 0 Å². The Morgan fingerprint density at radius 3 is 2.47 bits per heavy atom. The van der Waals surface area contributed by atoms with Gasteiger partial charge in [-0.05, 0) is 55.9 Å².